The number of hydrogen-bond donors (Lipinski definition) is 3. The fourth-order valence-electron chi connectivity index (χ4n) is 2.28. The molecule has 0 saturated heterocycles. The van der Waals surface area contributed by atoms with Crippen molar-refractivity contribution >= 4 is 28.3 Å². The smallest absolute Gasteiger partial charge is 0.251 e. The lowest BCUT2D eigenvalue weighted by atomic mass is 9.95. The van der Waals surface area contributed by atoms with Gasteiger partial charge in [-0.15, -0.1) is 12.4 Å². The molecule has 1 fully saturated rings. The van der Waals surface area contributed by atoms with Gasteiger partial charge in [0.05, 0.1) is 10.4 Å². The minimum absolute atomic E-state index is 0. The number of nitrogens with two attached hydrogens (primary N) is 1. The van der Waals surface area contributed by atoms with Crippen molar-refractivity contribution in [1.29, 1.82) is 0 Å². The van der Waals surface area contributed by atoms with E-state index in [-0.39, 0.29) is 23.2 Å². The molecule has 0 spiro atoms. The van der Waals surface area contributed by atoms with Crippen molar-refractivity contribution in [1.82, 2.24) is 10.0 Å². The van der Waals surface area contributed by atoms with Gasteiger partial charge < -0.3 is 11.1 Å². The van der Waals surface area contributed by atoms with E-state index in [1.165, 1.54) is 31.3 Å². The molecule has 1 aliphatic carbocycles. The van der Waals surface area contributed by atoms with E-state index in [0.717, 1.165) is 12.8 Å². The summed E-state index contributed by atoms with van der Waals surface area (Å²) >= 11 is 0. The fraction of sp³-hybridized carbons (Fsp3) is 0.500. The van der Waals surface area contributed by atoms with E-state index in [1.807, 2.05) is 6.92 Å². The van der Waals surface area contributed by atoms with Crippen LogP contribution in [0.3, 0.4) is 0 Å². The standard InChI is InChI=1S/C14H21N3O3S.ClH/c1-14(9-15,11-5-6-11)17-13(18)10-3-7-12(8-4-10)21(19,20)16-2;/h3-4,7-8,11,16H,5-6,9,15H2,1-2H3,(H,17,18);1H. The quantitative estimate of drug-likeness (QED) is 0.710. The second kappa shape index (κ2) is 6.95. The van der Waals surface area contributed by atoms with Crippen LogP contribution in [0.5, 0.6) is 0 Å². The third-order valence-electron chi connectivity index (χ3n) is 4.00. The van der Waals surface area contributed by atoms with Crippen LogP contribution in [0, 0.1) is 5.92 Å². The number of halogens is 1. The summed E-state index contributed by atoms with van der Waals surface area (Å²) < 4.78 is 25.5. The molecule has 2 rings (SSSR count). The van der Waals surface area contributed by atoms with Gasteiger partial charge in [-0.2, -0.15) is 0 Å². The van der Waals surface area contributed by atoms with E-state index >= 15 is 0 Å². The molecule has 1 aromatic carbocycles. The largest absolute Gasteiger partial charge is 0.345 e. The van der Waals surface area contributed by atoms with Gasteiger partial charge in [0.25, 0.3) is 5.91 Å². The highest BCUT2D eigenvalue weighted by atomic mass is 35.5. The molecule has 1 amide bonds. The van der Waals surface area contributed by atoms with Crippen molar-refractivity contribution in [3.63, 3.8) is 0 Å². The van der Waals surface area contributed by atoms with Crippen LogP contribution in [0.25, 0.3) is 0 Å². The third kappa shape index (κ3) is 3.98. The van der Waals surface area contributed by atoms with E-state index in [2.05, 4.69) is 10.0 Å². The van der Waals surface area contributed by atoms with Crippen LogP contribution >= 0.6 is 12.4 Å². The molecule has 1 aliphatic rings. The first kappa shape index (κ1) is 18.9. The van der Waals surface area contributed by atoms with Crippen molar-refractivity contribution in [2.75, 3.05) is 13.6 Å². The van der Waals surface area contributed by atoms with E-state index in [9.17, 15) is 13.2 Å². The molecule has 0 heterocycles. The Morgan fingerprint density at radius 3 is 2.27 bits per heavy atom. The highest BCUT2D eigenvalue weighted by molar-refractivity contribution is 7.89. The minimum Gasteiger partial charge on any atom is -0.345 e. The number of amides is 1. The summed E-state index contributed by atoms with van der Waals surface area (Å²) in [7, 11) is -2.14. The lowest BCUT2D eigenvalue weighted by Gasteiger charge is -2.29. The van der Waals surface area contributed by atoms with Gasteiger partial charge in [0.2, 0.25) is 10.0 Å². The molecule has 4 N–H and O–H groups in total. The zero-order chi connectivity index (χ0) is 15.7. The van der Waals surface area contributed by atoms with Crippen LogP contribution in [-0.4, -0.2) is 33.5 Å². The summed E-state index contributed by atoms with van der Waals surface area (Å²) in [6.07, 6.45) is 2.15. The maximum atomic E-state index is 12.3. The summed E-state index contributed by atoms with van der Waals surface area (Å²) in [4.78, 5) is 12.4. The second-order valence-corrected chi connectivity index (χ2v) is 7.47. The van der Waals surface area contributed by atoms with Gasteiger partial charge in [0.1, 0.15) is 0 Å². The molecule has 0 bridgehead atoms. The van der Waals surface area contributed by atoms with Gasteiger partial charge in [-0.25, -0.2) is 13.1 Å². The number of benzene rings is 1. The first-order chi connectivity index (χ1) is 9.82. The lowest BCUT2D eigenvalue weighted by Crippen LogP contribution is -2.53. The van der Waals surface area contributed by atoms with Crippen molar-refractivity contribution < 1.29 is 13.2 Å². The molecular formula is C14H22ClN3O3S. The Kier molecular flexibility index (Phi) is 5.97. The van der Waals surface area contributed by atoms with Crippen LogP contribution in [0.4, 0.5) is 0 Å². The van der Waals surface area contributed by atoms with Gasteiger partial charge >= 0.3 is 0 Å². The highest BCUT2D eigenvalue weighted by Gasteiger charge is 2.41. The molecule has 1 unspecified atom stereocenters. The molecule has 0 aromatic heterocycles. The Hall–Kier alpha value is -1.15. The van der Waals surface area contributed by atoms with E-state index in [0.29, 0.717) is 18.0 Å². The van der Waals surface area contributed by atoms with Gasteiger partial charge in [-0.1, -0.05) is 0 Å². The number of nitrogens with one attached hydrogen (secondary N) is 2. The van der Waals surface area contributed by atoms with E-state index < -0.39 is 15.6 Å². The molecule has 1 atom stereocenters. The average molecular weight is 348 g/mol. The number of rotatable bonds is 6. The fourth-order valence-corrected chi connectivity index (χ4v) is 3.01. The zero-order valence-corrected chi connectivity index (χ0v) is 14.3. The monoisotopic (exact) mass is 347 g/mol. The first-order valence-corrected chi connectivity index (χ1v) is 8.37. The molecule has 8 heteroatoms. The topological polar surface area (TPSA) is 101 Å². The maximum Gasteiger partial charge on any atom is 0.251 e. The second-order valence-electron chi connectivity index (χ2n) is 5.58. The Morgan fingerprint density at radius 1 is 1.32 bits per heavy atom. The zero-order valence-electron chi connectivity index (χ0n) is 12.6. The van der Waals surface area contributed by atoms with Gasteiger partial charge in [-0.3, -0.25) is 4.79 Å². The van der Waals surface area contributed by atoms with Crippen LogP contribution in [0.15, 0.2) is 29.2 Å². The van der Waals surface area contributed by atoms with Crippen molar-refractivity contribution in [3.8, 4) is 0 Å². The summed E-state index contributed by atoms with van der Waals surface area (Å²) in [6.45, 7) is 2.33. The summed E-state index contributed by atoms with van der Waals surface area (Å²) in [5, 5.41) is 2.96. The van der Waals surface area contributed by atoms with Crippen LogP contribution in [0.2, 0.25) is 0 Å². The van der Waals surface area contributed by atoms with Gasteiger partial charge in [-0.05, 0) is 57.0 Å². The Balaban J connectivity index is 0.00000242. The number of carbonyl (C=O) groups excluding carboxylic acids is 1. The van der Waals surface area contributed by atoms with E-state index in [4.69, 9.17) is 5.73 Å². The Bertz CT molecular complexity index is 629. The lowest BCUT2D eigenvalue weighted by molar-refractivity contribution is 0.0897. The number of carbonyl (C=O) groups is 1. The van der Waals surface area contributed by atoms with Crippen LogP contribution in [0.1, 0.15) is 30.1 Å². The first-order valence-electron chi connectivity index (χ1n) is 6.88. The van der Waals surface area contributed by atoms with Crippen molar-refractivity contribution in [2.45, 2.75) is 30.2 Å². The van der Waals surface area contributed by atoms with Crippen LogP contribution in [-0.2, 0) is 10.0 Å². The number of hydrogen-bond acceptors (Lipinski definition) is 4. The normalized spacial score (nSPS) is 17.2. The SMILES string of the molecule is CNS(=O)(=O)c1ccc(C(=O)NC(C)(CN)C2CC2)cc1.Cl. The summed E-state index contributed by atoms with van der Waals surface area (Å²) in [5.41, 5.74) is 5.80. The van der Waals surface area contributed by atoms with Crippen molar-refractivity contribution in [2.24, 2.45) is 11.7 Å². The number of sulfonamides is 1. The van der Waals surface area contributed by atoms with Crippen LogP contribution < -0.4 is 15.8 Å². The van der Waals surface area contributed by atoms with Crippen molar-refractivity contribution in [3.05, 3.63) is 29.8 Å². The molecule has 22 heavy (non-hydrogen) atoms. The summed E-state index contributed by atoms with van der Waals surface area (Å²) in [5.74, 6) is 0.193. The Morgan fingerprint density at radius 2 is 1.86 bits per heavy atom. The predicted molar refractivity (Wildman–Crippen MR) is 87.6 cm³/mol. The third-order valence-corrected chi connectivity index (χ3v) is 5.43. The summed E-state index contributed by atoms with van der Waals surface area (Å²) in [6, 6.07) is 5.84. The molecular weight excluding hydrogens is 326 g/mol. The molecule has 0 radical (unpaired) electrons. The van der Waals surface area contributed by atoms with Gasteiger partial charge in [0.15, 0.2) is 0 Å². The molecule has 0 aliphatic heterocycles. The maximum absolute atomic E-state index is 12.3. The van der Waals surface area contributed by atoms with E-state index in [1.54, 1.807) is 0 Å². The molecule has 124 valence electrons. The minimum atomic E-state index is -3.49. The molecule has 1 saturated carbocycles. The predicted octanol–water partition coefficient (Wildman–Crippen LogP) is 0.874. The average Bonchev–Trinajstić information content (AvgIpc) is 3.32. The van der Waals surface area contributed by atoms with Gasteiger partial charge in [0, 0.05) is 12.1 Å². The molecule has 6 nitrogen and oxygen atoms in total. The highest BCUT2D eigenvalue weighted by Crippen LogP contribution is 2.39. The molecule has 1 aromatic rings. The Labute approximate surface area is 137 Å².